The molecule has 0 heterocycles. The van der Waals surface area contributed by atoms with Crippen molar-refractivity contribution >= 4 is 0 Å². The van der Waals surface area contributed by atoms with Crippen LogP contribution in [0, 0.1) is 17.8 Å². The van der Waals surface area contributed by atoms with Crippen molar-refractivity contribution in [1.29, 1.82) is 0 Å². The van der Waals surface area contributed by atoms with Gasteiger partial charge < -0.3 is 10.2 Å². The Labute approximate surface area is 125 Å². The van der Waals surface area contributed by atoms with E-state index in [0.717, 1.165) is 5.92 Å². The van der Waals surface area contributed by atoms with Gasteiger partial charge in [0.2, 0.25) is 0 Å². The minimum absolute atomic E-state index is 0.0871. The summed E-state index contributed by atoms with van der Waals surface area (Å²) in [6.45, 7) is 5.74. The van der Waals surface area contributed by atoms with Gasteiger partial charge >= 0.3 is 0 Å². The highest BCUT2D eigenvalue weighted by atomic mass is 16.3. The van der Waals surface area contributed by atoms with E-state index in [1.54, 1.807) is 0 Å². The maximum absolute atomic E-state index is 9.63. The Morgan fingerprint density at radius 3 is 2.30 bits per heavy atom. The predicted octanol–water partition coefficient (Wildman–Crippen LogP) is 4.31. The molecular formula is C18H34O2. The summed E-state index contributed by atoms with van der Waals surface area (Å²) in [5.74, 6) is 1.75. The van der Waals surface area contributed by atoms with Crippen LogP contribution in [-0.2, 0) is 0 Å². The van der Waals surface area contributed by atoms with E-state index in [4.69, 9.17) is 5.11 Å². The molecule has 0 amide bonds. The standard InChI is InChI=1S/C18H34O2/c1-3-4-5-6-7-8-9-10-11-12-16-13-17(16)15(2)18(20)14-19/h3,15-20H,1,4-14H2,2H3. The lowest BCUT2D eigenvalue weighted by Gasteiger charge is -2.16. The van der Waals surface area contributed by atoms with Crippen LogP contribution in [0.1, 0.15) is 71.1 Å². The third-order valence-electron chi connectivity index (χ3n) is 4.93. The average Bonchev–Trinajstić information content (AvgIpc) is 3.23. The number of allylic oxidation sites excluding steroid dienone is 1. The maximum atomic E-state index is 9.63. The van der Waals surface area contributed by atoms with Gasteiger partial charge in [0, 0.05) is 0 Å². The number of aliphatic hydroxyl groups excluding tert-OH is 2. The second-order valence-corrected chi connectivity index (χ2v) is 6.61. The van der Waals surface area contributed by atoms with Crippen LogP contribution in [0.25, 0.3) is 0 Å². The molecule has 0 aromatic rings. The summed E-state index contributed by atoms with van der Waals surface area (Å²) in [7, 11) is 0. The molecule has 2 nitrogen and oxygen atoms in total. The molecule has 0 aromatic carbocycles. The fourth-order valence-corrected chi connectivity index (χ4v) is 3.28. The zero-order valence-electron chi connectivity index (χ0n) is 13.3. The van der Waals surface area contributed by atoms with Crippen LogP contribution in [0.3, 0.4) is 0 Å². The van der Waals surface area contributed by atoms with Gasteiger partial charge in [-0.2, -0.15) is 0 Å². The normalized spacial score (nSPS) is 24.4. The molecule has 2 N–H and O–H groups in total. The summed E-state index contributed by atoms with van der Waals surface area (Å²) < 4.78 is 0. The topological polar surface area (TPSA) is 40.5 Å². The van der Waals surface area contributed by atoms with Gasteiger partial charge in [-0.15, -0.1) is 6.58 Å². The molecule has 1 aliphatic carbocycles. The lowest BCUT2D eigenvalue weighted by Crippen LogP contribution is -2.23. The highest BCUT2D eigenvalue weighted by molar-refractivity contribution is 4.91. The number of hydrogen-bond acceptors (Lipinski definition) is 2. The van der Waals surface area contributed by atoms with Gasteiger partial charge in [-0.3, -0.25) is 0 Å². The Morgan fingerprint density at radius 2 is 1.70 bits per heavy atom. The number of rotatable bonds is 13. The van der Waals surface area contributed by atoms with Crippen LogP contribution >= 0.6 is 0 Å². The van der Waals surface area contributed by atoms with Gasteiger partial charge in [-0.1, -0.05) is 57.9 Å². The van der Waals surface area contributed by atoms with Gasteiger partial charge in [0.25, 0.3) is 0 Å². The van der Waals surface area contributed by atoms with Crippen molar-refractivity contribution < 1.29 is 10.2 Å². The zero-order valence-corrected chi connectivity index (χ0v) is 13.3. The van der Waals surface area contributed by atoms with Crippen molar-refractivity contribution in [2.75, 3.05) is 6.61 Å². The summed E-state index contributed by atoms with van der Waals surface area (Å²) in [5, 5.41) is 18.6. The van der Waals surface area contributed by atoms with E-state index >= 15 is 0 Å². The molecule has 2 heteroatoms. The second-order valence-electron chi connectivity index (χ2n) is 6.61. The molecule has 1 aliphatic rings. The van der Waals surface area contributed by atoms with E-state index in [1.165, 1.54) is 64.2 Å². The predicted molar refractivity (Wildman–Crippen MR) is 85.6 cm³/mol. The molecule has 0 radical (unpaired) electrons. The molecule has 1 fully saturated rings. The van der Waals surface area contributed by atoms with Gasteiger partial charge in [0.05, 0.1) is 12.7 Å². The minimum Gasteiger partial charge on any atom is -0.394 e. The van der Waals surface area contributed by atoms with Gasteiger partial charge in [-0.05, 0) is 37.0 Å². The Bertz CT molecular complexity index is 252. The molecule has 0 spiro atoms. The average molecular weight is 282 g/mol. The van der Waals surface area contributed by atoms with E-state index in [1.807, 2.05) is 6.08 Å². The summed E-state index contributed by atoms with van der Waals surface area (Å²) in [4.78, 5) is 0. The first-order valence-corrected chi connectivity index (χ1v) is 8.60. The number of aliphatic hydroxyl groups is 2. The molecule has 0 bridgehead atoms. The van der Waals surface area contributed by atoms with Crippen molar-refractivity contribution in [1.82, 2.24) is 0 Å². The lowest BCUT2D eigenvalue weighted by atomic mass is 9.96. The lowest BCUT2D eigenvalue weighted by molar-refractivity contribution is 0.0433. The summed E-state index contributed by atoms with van der Waals surface area (Å²) in [6, 6.07) is 0. The minimum atomic E-state index is -0.513. The molecule has 118 valence electrons. The van der Waals surface area contributed by atoms with Crippen LogP contribution in [0.4, 0.5) is 0 Å². The molecular weight excluding hydrogens is 248 g/mol. The Kier molecular flexibility index (Phi) is 9.21. The smallest absolute Gasteiger partial charge is 0.0799 e. The Hall–Kier alpha value is -0.340. The molecule has 4 unspecified atom stereocenters. The van der Waals surface area contributed by atoms with Crippen molar-refractivity contribution in [3.05, 3.63) is 12.7 Å². The number of unbranched alkanes of at least 4 members (excludes halogenated alkanes) is 7. The SMILES string of the molecule is C=CCCCCCCCCCC1CC1C(C)C(O)CO. The first-order valence-electron chi connectivity index (χ1n) is 8.60. The van der Waals surface area contributed by atoms with Crippen molar-refractivity contribution in [3.63, 3.8) is 0 Å². The molecule has 20 heavy (non-hydrogen) atoms. The zero-order chi connectivity index (χ0) is 14.8. The molecule has 1 saturated carbocycles. The summed E-state index contributed by atoms with van der Waals surface area (Å²) in [6.07, 6.45) is 14.7. The first kappa shape index (κ1) is 17.7. The Balaban J connectivity index is 1.87. The van der Waals surface area contributed by atoms with Gasteiger partial charge in [0.15, 0.2) is 0 Å². The highest BCUT2D eigenvalue weighted by Gasteiger charge is 2.42. The largest absolute Gasteiger partial charge is 0.394 e. The van der Waals surface area contributed by atoms with Gasteiger partial charge in [0.1, 0.15) is 0 Å². The van der Waals surface area contributed by atoms with Crippen LogP contribution in [0.2, 0.25) is 0 Å². The first-order chi connectivity index (χ1) is 9.70. The fraction of sp³-hybridized carbons (Fsp3) is 0.889. The molecule has 0 saturated heterocycles. The van der Waals surface area contributed by atoms with E-state index in [-0.39, 0.29) is 12.5 Å². The summed E-state index contributed by atoms with van der Waals surface area (Å²) >= 11 is 0. The Morgan fingerprint density at radius 1 is 1.10 bits per heavy atom. The van der Waals surface area contributed by atoms with Crippen LogP contribution in [-0.4, -0.2) is 22.9 Å². The third kappa shape index (κ3) is 6.90. The fourth-order valence-electron chi connectivity index (χ4n) is 3.28. The van der Waals surface area contributed by atoms with Crippen LogP contribution < -0.4 is 0 Å². The quantitative estimate of drug-likeness (QED) is 0.390. The van der Waals surface area contributed by atoms with Crippen LogP contribution in [0.5, 0.6) is 0 Å². The van der Waals surface area contributed by atoms with E-state index in [0.29, 0.717) is 5.92 Å². The third-order valence-corrected chi connectivity index (χ3v) is 4.93. The maximum Gasteiger partial charge on any atom is 0.0799 e. The van der Waals surface area contributed by atoms with Crippen molar-refractivity contribution in [3.8, 4) is 0 Å². The van der Waals surface area contributed by atoms with Crippen molar-refractivity contribution in [2.24, 2.45) is 17.8 Å². The van der Waals surface area contributed by atoms with E-state index in [2.05, 4.69) is 13.5 Å². The molecule has 4 atom stereocenters. The van der Waals surface area contributed by atoms with Crippen molar-refractivity contribution in [2.45, 2.75) is 77.2 Å². The molecule has 0 aromatic heterocycles. The van der Waals surface area contributed by atoms with E-state index < -0.39 is 6.10 Å². The number of hydrogen-bond donors (Lipinski definition) is 2. The second kappa shape index (κ2) is 10.4. The summed E-state index contributed by atoms with van der Waals surface area (Å²) in [5.41, 5.74) is 0. The van der Waals surface area contributed by atoms with E-state index in [9.17, 15) is 5.11 Å². The highest BCUT2D eigenvalue weighted by Crippen LogP contribution is 2.48. The van der Waals surface area contributed by atoms with Crippen LogP contribution in [0.15, 0.2) is 12.7 Å². The van der Waals surface area contributed by atoms with Gasteiger partial charge in [-0.25, -0.2) is 0 Å². The monoisotopic (exact) mass is 282 g/mol. The molecule has 1 rings (SSSR count). The molecule has 0 aliphatic heterocycles.